The summed E-state index contributed by atoms with van der Waals surface area (Å²) in [7, 11) is 1.91. The van der Waals surface area contributed by atoms with Gasteiger partial charge in [0.25, 0.3) is 11.8 Å². The van der Waals surface area contributed by atoms with E-state index >= 15 is 0 Å². The van der Waals surface area contributed by atoms with Gasteiger partial charge in [-0.05, 0) is 91.1 Å². The standard InChI is InChI=1S/C34H33N3O5/c1-35-25-10-4-21(5-11-25)2-3-22-6-12-26(13-7-22)42-27-14-8-23(19-27)18-24-9-15-28-29(20-24)34(41)37(33(28)40)30-16-17-31(38)36-32(30)39/h2-7,9-13,15,20,23,27,30,35H,8,14,16-19H2,1H3,(H,36,38,39)/b3-2+/t23?,27-,30?/m0/s1. The van der Waals surface area contributed by atoms with Crippen molar-refractivity contribution in [2.75, 3.05) is 12.4 Å². The van der Waals surface area contributed by atoms with Gasteiger partial charge in [-0.1, -0.05) is 42.5 Å². The van der Waals surface area contributed by atoms with Gasteiger partial charge >= 0.3 is 0 Å². The Kier molecular flexibility index (Phi) is 7.61. The van der Waals surface area contributed by atoms with Crippen molar-refractivity contribution >= 4 is 41.5 Å². The molecule has 8 heteroatoms. The number of imide groups is 2. The Morgan fingerprint density at radius 2 is 1.55 bits per heavy atom. The second kappa shape index (κ2) is 11.6. The molecule has 2 unspecified atom stereocenters. The van der Waals surface area contributed by atoms with Gasteiger partial charge < -0.3 is 10.1 Å². The van der Waals surface area contributed by atoms with E-state index < -0.39 is 23.8 Å². The highest BCUT2D eigenvalue weighted by molar-refractivity contribution is 6.23. The van der Waals surface area contributed by atoms with E-state index in [9.17, 15) is 19.2 Å². The van der Waals surface area contributed by atoms with Crippen LogP contribution in [0.25, 0.3) is 12.2 Å². The van der Waals surface area contributed by atoms with Crippen LogP contribution in [0.4, 0.5) is 5.69 Å². The molecule has 0 bridgehead atoms. The summed E-state index contributed by atoms with van der Waals surface area (Å²) in [5, 5.41) is 5.35. The third-order valence-corrected chi connectivity index (χ3v) is 8.37. The van der Waals surface area contributed by atoms with Crippen LogP contribution in [0, 0.1) is 5.92 Å². The fourth-order valence-electron chi connectivity index (χ4n) is 6.10. The Morgan fingerprint density at radius 3 is 2.24 bits per heavy atom. The molecule has 42 heavy (non-hydrogen) atoms. The molecular formula is C34H33N3O5. The highest BCUT2D eigenvalue weighted by Gasteiger charge is 2.44. The summed E-state index contributed by atoms with van der Waals surface area (Å²) >= 11 is 0. The average molecular weight is 564 g/mol. The van der Waals surface area contributed by atoms with Crippen LogP contribution in [-0.4, -0.2) is 47.7 Å². The van der Waals surface area contributed by atoms with Crippen molar-refractivity contribution in [3.63, 3.8) is 0 Å². The molecular weight excluding hydrogens is 530 g/mol. The molecule has 2 heterocycles. The fraction of sp³-hybridized carbons (Fsp3) is 0.294. The summed E-state index contributed by atoms with van der Waals surface area (Å²) in [6, 6.07) is 20.8. The number of hydrogen-bond donors (Lipinski definition) is 2. The summed E-state index contributed by atoms with van der Waals surface area (Å²) in [4.78, 5) is 51.0. The zero-order valence-corrected chi connectivity index (χ0v) is 23.5. The van der Waals surface area contributed by atoms with Gasteiger partial charge in [0, 0.05) is 19.2 Å². The van der Waals surface area contributed by atoms with E-state index in [4.69, 9.17) is 4.74 Å². The summed E-state index contributed by atoms with van der Waals surface area (Å²) in [5.41, 5.74) is 4.95. The molecule has 2 fully saturated rings. The second-order valence-electron chi connectivity index (χ2n) is 11.2. The lowest BCUT2D eigenvalue weighted by Crippen LogP contribution is -2.54. The molecule has 6 rings (SSSR count). The highest BCUT2D eigenvalue weighted by atomic mass is 16.5. The van der Waals surface area contributed by atoms with E-state index in [0.717, 1.165) is 58.7 Å². The molecule has 4 amide bonds. The number of ether oxygens (including phenoxy) is 1. The molecule has 3 atom stereocenters. The summed E-state index contributed by atoms with van der Waals surface area (Å²) < 4.78 is 6.29. The third-order valence-electron chi connectivity index (χ3n) is 8.37. The fourth-order valence-corrected chi connectivity index (χ4v) is 6.10. The van der Waals surface area contributed by atoms with E-state index in [2.05, 4.69) is 47.1 Å². The number of piperidine rings is 1. The average Bonchev–Trinajstić information content (AvgIpc) is 3.53. The predicted octanol–water partition coefficient (Wildman–Crippen LogP) is 5.09. The van der Waals surface area contributed by atoms with E-state index in [-0.39, 0.29) is 24.9 Å². The van der Waals surface area contributed by atoms with Crippen LogP contribution in [0.5, 0.6) is 5.75 Å². The zero-order valence-electron chi connectivity index (χ0n) is 23.5. The van der Waals surface area contributed by atoms with Crippen molar-refractivity contribution in [2.24, 2.45) is 5.92 Å². The largest absolute Gasteiger partial charge is 0.490 e. The van der Waals surface area contributed by atoms with Crippen LogP contribution in [-0.2, 0) is 16.0 Å². The minimum Gasteiger partial charge on any atom is -0.490 e. The monoisotopic (exact) mass is 563 g/mol. The van der Waals surface area contributed by atoms with Crippen LogP contribution in [0.15, 0.2) is 66.7 Å². The molecule has 1 aliphatic carbocycles. The number of nitrogens with one attached hydrogen (secondary N) is 2. The maximum Gasteiger partial charge on any atom is 0.262 e. The van der Waals surface area contributed by atoms with Gasteiger partial charge in [-0.2, -0.15) is 0 Å². The van der Waals surface area contributed by atoms with Gasteiger partial charge in [-0.25, -0.2) is 0 Å². The normalized spacial score (nSPS) is 22.0. The molecule has 0 spiro atoms. The van der Waals surface area contributed by atoms with E-state index in [1.807, 2.05) is 37.4 Å². The molecule has 0 radical (unpaired) electrons. The van der Waals surface area contributed by atoms with E-state index in [0.29, 0.717) is 17.0 Å². The number of benzene rings is 3. The van der Waals surface area contributed by atoms with Gasteiger partial charge in [-0.15, -0.1) is 0 Å². The van der Waals surface area contributed by atoms with Crippen LogP contribution in [0.1, 0.15) is 69.5 Å². The number of anilines is 1. The molecule has 3 aliphatic rings. The maximum absolute atomic E-state index is 13.2. The SMILES string of the molecule is CNc1ccc(/C=C/c2ccc(O[C@H]3CCC(Cc4ccc5c(c4)C(=O)N(C4CCC(=O)NC4=O)C5=O)C3)cc2)cc1. The molecule has 3 aromatic rings. The molecule has 2 aliphatic heterocycles. The number of rotatable bonds is 8. The van der Waals surface area contributed by atoms with Gasteiger partial charge in [0.1, 0.15) is 11.8 Å². The Labute approximate surface area is 244 Å². The van der Waals surface area contributed by atoms with E-state index in [1.54, 1.807) is 12.1 Å². The molecule has 1 saturated carbocycles. The Bertz CT molecular complexity index is 1560. The first-order chi connectivity index (χ1) is 20.4. The molecule has 8 nitrogen and oxygen atoms in total. The van der Waals surface area contributed by atoms with Crippen molar-refractivity contribution in [1.29, 1.82) is 0 Å². The topological polar surface area (TPSA) is 105 Å². The van der Waals surface area contributed by atoms with Crippen LogP contribution >= 0.6 is 0 Å². The van der Waals surface area contributed by atoms with Crippen LogP contribution in [0.2, 0.25) is 0 Å². The number of fused-ring (bicyclic) bond motifs is 1. The summed E-state index contributed by atoms with van der Waals surface area (Å²) in [6.07, 6.45) is 8.23. The first kappa shape index (κ1) is 27.4. The van der Waals surface area contributed by atoms with Gasteiger partial charge in [0.2, 0.25) is 11.8 Å². The first-order valence-corrected chi connectivity index (χ1v) is 14.4. The summed E-state index contributed by atoms with van der Waals surface area (Å²) in [5.74, 6) is -0.668. The van der Waals surface area contributed by atoms with Crippen LogP contribution in [0.3, 0.4) is 0 Å². The van der Waals surface area contributed by atoms with Gasteiger partial charge in [0.05, 0.1) is 17.2 Å². The second-order valence-corrected chi connectivity index (χ2v) is 11.2. The quantitative estimate of drug-likeness (QED) is 0.292. The molecule has 214 valence electrons. The zero-order chi connectivity index (χ0) is 29.2. The van der Waals surface area contributed by atoms with Gasteiger partial charge in [0.15, 0.2) is 0 Å². The predicted molar refractivity (Wildman–Crippen MR) is 160 cm³/mol. The third kappa shape index (κ3) is 5.70. The molecule has 2 N–H and O–H groups in total. The highest BCUT2D eigenvalue weighted by Crippen LogP contribution is 2.34. The van der Waals surface area contributed by atoms with Crippen molar-refractivity contribution < 1.29 is 23.9 Å². The Hall–Kier alpha value is -4.72. The lowest BCUT2D eigenvalue weighted by molar-refractivity contribution is -0.136. The molecule has 0 aromatic heterocycles. The van der Waals surface area contributed by atoms with Crippen molar-refractivity contribution in [3.05, 3.63) is 94.5 Å². The Balaban J connectivity index is 1.03. The smallest absolute Gasteiger partial charge is 0.262 e. The number of amides is 4. The number of hydrogen-bond acceptors (Lipinski definition) is 6. The maximum atomic E-state index is 13.2. The van der Waals surface area contributed by atoms with Crippen molar-refractivity contribution in [3.8, 4) is 5.75 Å². The Morgan fingerprint density at radius 1 is 0.857 bits per heavy atom. The van der Waals surface area contributed by atoms with Gasteiger partial charge in [-0.3, -0.25) is 29.4 Å². The molecule has 3 aromatic carbocycles. The minimum atomic E-state index is -0.952. The lowest BCUT2D eigenvalue weighted by Gasteiger charge is -2.27. The van der Waals surface area contributed by atoms with E-state index in [1.165, 1.54) is 0 Å². The molecule has 1 saturated heterocycles. The minimum absolute atomic E-state index is 0.105. The number of carbonyl (C=O) groups is 4. The lowest BCUT2D eigenvalue weighted by atomic mass is 9.95. The van der Waals surface area contributed by atoms with Crippen molar-refractivity contribution in [1.82, 2.24) is 10.2 Å². The number of nitrogens with zero attached hydrogens (tertiary/aromatic N) is 1. The first-order valence-electron chi connectivity index (χ1n) is 14.4. The van der Waals surface area contributed by atoms with Crippen LogP contribution < -0.4 is 15.4 Å². The summed E-state index contributed by atoms with van der Waals surface area (Å²) in [6.45, 7) is 0. The van der Waals surface area contributed by atoms with Crippen molar-refractivity contribution in [2.45, 2.75) is 50.7 Å². The number of carbonyl (C=O) groups excluding carboxylic acids is 4.